The van der Waals surface area contributed by atoms with E-state index in [0.717, 1.165) is 0 Å². The van der Waals surface area contributed by atoms with Crippen LogP contribution in [0.1, 0.15) is 6.42 Å². The number of ether oxygens (including phenoxy) is 2. The molecule has 0 aromatic rings. The molecule has 3 heteroatoms. The lowest BCUT2D eigenvalue weighted by Gasteiger charge is -2.28. The van der Waals surface area contributed by atoms with Crippen molar-refractivity contribution in [3.05, 3.63) is 23.8 Å². The summed E-state index contributed by atoms with van der Waals surface area (Å²) < 4.78 is 10.3. The van der Waals surface area contributed by atoms with Gasteiger partial charge in [-0.25, -0.2) is 0 Å². The van der Waals surface area contributed by atoms with Crippen molar-refractivity contribution in [3.63, 3.8) is 0 Å². The molecule has 0 aromatic heterocycles. The normalized spacial score (nSPS) is 19.9. The molecule has 1 rings (SSSR count). The summed E-state index contributed by atoms with van der Waals surface area (Å²) in [5.41, 5.74) is 0.653. The Morgan fingerprint density at radius 3 is 2.50 bits per heavy atom. The third-order valence-electron chi connectivity index (χ3n) is 1.94. The van der Waals surface area contributed by atoms with Gasteiger partial charge >= 0.3 is 0 Å². The molecule has 3 nitrogen and oxygen atoms in total. The third-order valence-corrected chi connectivity index (χ3v) is 1.94. The zero-order valence-electron chi connectivity index (χ0n) is 7.20. The Morgan fingerprint density at radius 1 is 1.50 bits per heavy atom. The van der Waals surface area contributed by atoms with E-state index in [9.17, 15) is 0 Å². The standard InChI is InChI=1S/C9H11NO2/c1-11-9(12-2)5-3-8(7-10)4-6-9/h3-5H,6H2,1-2H3. The molecular formula is C9H11NO2. The highest BCUT2D eigenvalue weighted by Crippen LogP contribution is 2.24. The Kier molecular flexibility index (Phi) is 2.64. The SMILES string of the molecule is COC1(OC)C=CC(C#N)=CC1. The highest BCUT2D eigenvalue weighted by molar-refractivity contribution is 5.37. The molecule has 64 valence electrons. The van der Waals surface area contributed by atoms with Crippen LogP contribution in [0.4, 0.5) is 0 Å². The summed E-state index contributed by atoms with van der Waals surface area (Å²) in [6, 6.07) is 2.05. The quantitative estimate of drug-likeness (QED) is 0.580. The summed E-state index contributed by atoms with van der Waals surface area (Å²) in [6.45, 7) is 0. The van der Waals surface area contributed by atoms with Gasteiger partial charge in [0, 0.05) is 26.2 Å². The minimum Gasteiger partial charge on any atom is -0.349 e. The van der Waals surface area contributed by atoms with Gasteiger partial charge in [-0.05, 0) is 12.2 Å². The number of nitrogens with zero attached hydrogens (tertiary/aromatic N) is 1. The van der Waals surface area contributed by atoms with Crippen LogP contribution in [0.5, 0.6) is 0 Å². The van der Waals surface area contributed by atoms with E-state index in [1.807, 2.05) is 0 Å². The second-order valence-corrected chi connectivity index (χ2v) is 2.53. The van der Waals surface area contributed by atoms with Crippen molar-refractivity contribution < 1.29 is 9.47 Å². The van der Waals surface area contributed by atoms with Gasteiger partial charge in [0.1, 0.15) is 0 Å². The summed E-state index contributed by atoms with van der Waals surface area (Å²) >= 11 is 0. The van der Waals surface area contributed by atoms with Crippen LogP contribution in [0.2, 0.25) is 0 Å². The summed E-state index contributed by atoms with van der Waals surface area (Å²) in [5.74, 6) is -0.666. The van der Waals surface area contributed by atoms with Crippen LogP contribution in [0, 0.1) is 11.3 Å². The zero-order valence-corrected chi connectivity index (χ0v) is 7.20. The average Bonchev–Trinajstić information content (AvgIpc) is 2.18. The smallest absolute Gasteiger partial charge is 0.191 e. The minimum absolute atomic E-state index is 0.583. The van der Waals surface area contributed by atoms with Gasteiger partial charge in [-0.15, -0.1) is 0 Å². The Morgan fingerprint density at radius 2 is 2.17 bits per heavy atom. The van der Waals surface area contributed by atoms with Crippen LogP contribution in [-0.2, 0) is 9.47 Å². The van der Waals surface area contributed by atoms with E-state index in [-0.39, 0.29) is 0 Å². The summed E-state index contributed by atoms with van der Waals surface area (Å²) in [6.07, 6.45) is 5.84. The fourth-order valence-electron chi connectivity index (χ4n) is 1.07. The molecular weight excluding hydrogens is 154 g/mol. The molecule has 0 fully saturated rings. The molecule has 12 heavy (non-hydrogen) atoms. The molecule has 0 bridgehead atoms. The zero-order chi connectivity index (χ0) is 9.03. The van der Waals surface area contributed by atoms with Crippen LogP contribution < -0.4 is 0 Å². The summed E-state index contributed by atoms with van der Waals surface area (Å²) in [4.78, 5) is 0. The second kappa shape index (κ2) is 3.53. The van der Waals surface area contributed by atoms with Gasteiger partial charge in [0.25, 0.3) is 0 Å². The number of hydrogen-bond donors (Lipinski definition) is 0. The maximum absolute atomic E-state index is 8.56. The number of allylic oxidation sites excluding steroid dienone is 2. The molecule has 0 radical (unpaired) electrons. The number of methoxy groups -OCH3 is 2. The van der Waals surface area contributed by atoms with Gasteiger partial charge in [-0.1, -0.05) is 6.08 Å². The van der Waals surface area contributed by atoms with E-state index in [4.69, 9.17) is 14.7 Å². The Hall–Kier alpha value is -1.11. The van der Waals surface area contributed by atoms with Crippen LogP contribution in [0.3, 0.4) is 0 Å². The highest BCUT2D eigenvalue weighted by Gasteiger charge is 2.26. The summed E-state index contributed by atoms with van der Waals surface area (Å²) in [7, 11) is 3.16. The Bertz CT molecular complexity index is 256. The number of hydrogen-bond acceptors (Lipinski definition) is 3. The van der Waals surface area contributed by atoms with E-state index in [0.29, 0.717) is 12.0 Å². The van der Waals surface area contributed by atoms with Crippen molar-refractivity contribution in [1.29, 1.82) is 5.26 Å². The molecule has 0 atom stereocenters. The molecule has 0 aromatic carbocycles. The maximum atomic E-state index is 8.56. The fraction of sp³-hybridized carbons (Fsp3) is 0.444. The van der Waals surface area contributed by atoms with Crippen LogP contribution >= 0.6 is 0 Å². The lowest BCUT2D eigenvalue weighted by Crippen LogP contribution is -2.31. The van der Waals surface area contributed by atoms with Gasteiger partial charge in [0.15, 0.2) is 5.79 Å². The van der Waals surface area contributed by atoms with Crippen molar-refractivity contribution in [3.8, 4) is 6.07 Å². The molecule has 0 heterocycles. The van der Waals surface area contributed by atoms with E-state index in [2.05, 4.69) is 6.07 Å². The van der Waals surface area contributed by atoms with Gasteiger partial charge in [-0.2, -0.15) is 5.26 Å². The van der Waals surface area contributed by atoms with E-state index >= 15 is 0 Å². The van der Waals surface area contributed by atoms with Crippen LogP contribution in [0.25, 0.3) is 0 Å². The van der Waals surface area contributed by atoms with Crippen molar-refractivity contribution in [2.45, 2.75) is 12.2 Å². The molecule has 0 aliphatic heterocycles. The van der Waals surface area contributed by atoms with Crippen LogP contribution in [0.15, 0.2) is 23.8 Å². The Balaban J connectivity index is 2.76. The molecule has 0 saturated carbocycles. The van der Waals surface area contributed by atoms with Gasteiger partial charge in [0.2, 0.25) is 0 Å². The minimum atomic E-state index is -0.666. The second-order valence-electron chi connectivity index (χ2n) is 2.53. The van der Waals surface area contributed by atoms with E-state index in [1.165, 1.54) is 0 Å². The third kappa shape index (κ3) is 1.55. The first-order valence-corrected chi connectivity index (χ1v) is 3.66. The summed E-state index contributed by atoms with van der Waals surface area (Å²) in [5, 5.41) is 8.56. The van der Waals surface area contributed by atoms with E-state index < -0.39 is 5.79 Å². The largest absolute Gasteiger partial charge is 0.349 e. The van der Waals surface area contributed by atoms with Crippen molar-refractivity contribution >= 4 is 0 Å². The van der Waals surface area contributed by atoms with Crippen LogP contribution in [-0.4, -0.2) is 20.0 Å². The molecule has 1 aliphatic rings. The first-order valence-electron chi connectivity index (χ1n) is 3.66. The Labute approximate surface area is 71.9 Å². The molecule has 0 N–H and O–H groups in total. The maximum Gasteiger partial charge on any atom is 0.191 e. The molecule has 0 amide bonds. The first kappa shape index (κ1) is 8.98. The van der Waals surface area contributed by atoms with E-state index in [1.54, 1.807) is 32.4 Å². The van der Waals surface area contributed by atoms with Crippen molar-refractivity contribution in [1.82, 2.24) is 0 Å². The van der Waals surface area contributed by atoms with Crippen molar-refractivity contribution in [2.24, 2.45) is 0 Å². The van der Waals surface area contributed by atoms with Crippen molar-refractivity contribution in [2.75, 3.05) is 14.2 Å². The predicted octanol–water partition coefficient (Wildman–Crippen LogP) is 1.39. The van der Waals surface area contributed by atoms with Gasteiger partial charge < -0.3 is 9.47 Å². The number of nitriles is 1. The monoisotopic (exact) mass is 165 g/mol. The molecule has 0 saturated heterocycles. The molecule has 1 aliphatic carbocycles. The lowest BCUT2D eigenvalue weighted by molar-refractivity contribution is -0.167. The highest BCUT2D eigenvalue weighted by atomic mass is 16.7. The molecule has 0 spiro atoms. The topological polar surface area (TPSA) is 42.2 Å². The average molecular weight is 165 g/mol. The predicted molar refractivity (Wildman–Crippen MR) is 44.2 cm³/mol. The first-order chi connectivity index (χ1) is 5.76. The van der Waals surface area contributed by atoms with Gasteiger partial charge in [0.05, 0.1) is 6.07 Å². The lowest BCUT2D eigenvalue weighted by atomic mass is 10.0. The molecule has 0 unspecified atom stereocenters. The number of rotatable bonds is 2. The fourth-order valence-corrected chi connectivity index (χ4v) is 1.07. The van der Waals surface area contributed by atoms with Gasteiger partial charge in [-0.3, -0.25) is 0 Å².